The molecular formula is C44H32N4S2. The van der Waals surface area contributed by atoms with Crippen molar-refractivity contribution < 1.29 is 0 Å². The van der Waals surface area contributed by atoms with Gasteiger partial charge in [-0.15, -0.1) is 22.7 Å². The molecule has 0 unspecified atom stereocenters. The average Bonchev–Trinajstić information content (AvgIpc) is 3.87. The van der Waals surface area contributed by atoms with Crippen LogP contribution in [0.25, 0.3) is 33.0 Å². The maximum absolute atomic E-state index is 4.69. The third-order valence-electron chi connectivity index (χ3n) is 8.29. The summed E-state index contributed by atoms with van der Waals surface area (Å²) in [5.41, 5.74) is 8.99. The Morgan fingerprint density at radius 3 is 0.920 bits per heavy atom. The van der Waals surface area contributed by atoms with Crippen LogP contribution in [-0.4, -0.2) is 9.97 Å². The third kappa shape index (κ3) is 6.89. The van der Waals surface area contributed by atoms with E-state index < -0.39 is 0 Å². The van der Waals surface area contributed by atoms with E-state index in [1.54, 1.807) is 22.7 Å². The highest BCUT2D eigenvalue weighted by Crippen LogP contribution is 2.38. The minimum Gasteiger partial charge on any atom is -0.311 e. The quantitative estimate of drug-likeness (QED) is 0.144. The van der Waals surface area contributed by atoms with Crippen LogP contribution in [-0.2, 0) is 0 Å². The molecule has 2 heterocycles. The first-order chi connectivity index (χ1) is 24.8. The number of thiazole rings is 2. The Morgan fingerprint density at radius 2 is 0.620 bits per heavy atom. The fraction of sp³-hybridized carbons (Fsp3) is 0. The lowest BCUT2D eigenvalue weighted by Gasteiger charge is -2.25. The minimum absolute atomic E-state index is 0.947. The van der Waals surface area contributed by atoms with Crippen LogP contribution in [0.15, 0.2) is 182 Å². The van der Waals surface area contributed by atoms with E-state index in [9.17, 15) is 0 Å². The van der Waals surface area contributed by atoms with Crippen LogP contribution in [0.3, 0.4) is 0 Å². The largest absolute Gasteiger partial charge is 0.311 e. The number of nitrogens with zero attached hydrogens (tertiary/aromatic N) is 4. The van der Waals surface area contributed by atoms with Crippen LogP contribution in [0.5, 0.6) is 0 Å². The van der Waals surface area contributed by atoms with E-state index >= 15 is 0 Å². The number of aromatic nitrogens is 2. The minimum atomic E-state index is 0.947. The topological polar surface area (TPSA) is 32.3 Å². The Labute approximate surface area is 300 Å². The van der Waals surface area contributed by atoms with Gasteiger partial charge in [0.05, 0.1) is 9.75 Å². The number of hydrogen-bond acceptors (Lipinski definition) is 6. The lowest BCUT2D eigenvalue weighted by molar-refractivity contribution is 1.28. The summed E-state index contributed by atoms with van der Waals surface area (Å²) in [6, 6.07) is 59.2. The molecule has 4 nitrogen and oxygen atoms in total. The van der Waals surface area contributed by atoms with Gasteiger partial charge in [-0.3, -0.25) is 0 Å². The smallest absolute Gasteiger partial charge is 0.116 e. The van der Waals surface area contributed by atoms with Crippen LogP contribution < -0.4 is 9.80 Å². The molecule has 6 aromatic carbocycles. The van der Waals surface area contributed by atoms with E-state index in [0.29, 0.717) is 0 Å². The summed E-state index contributed by atoms with van der Waals surface area (Å²) in [6.07, 6.45) is 8.01. The monoisotopic (exact) mass is 680 g/mol. The summed E-state index contributed by atoms with van der Waals surface area (Å²) in [5, 5.41) is 1.89. The van der Waals surface area contributed by atoms with Crippen LogP contribution in [0.2, 0.25) is 0 Å². The van der Waals surface area contributed by atoms with Gasteiger partial charge in [-0.05, 0) is 96.1 Å². The summed E-state index contributed by atoms with van der Waals surface area (Å²) < 4.78 is 0. The van der Waals surface area contributed by atoms with Gasteiger partial charge < -0.3 is 9.80 Å². The molecule has 8 rings (SSSR count). The molecule has 50 heavy (non-hydrogen) atoms. The zero-order valence-electron chi connectivity index (χ0n) is 27.1. The SMILES string of the molecule is C(=C\c1ncc(-c2ccc(N(c3ccccc3)c3ccccc3)cc2)s1)/c1ncc(-c2ccc(N(c3ccccc3)c3ccccc3)cc2)s1. The molecule has 8 aromatic rings. The van der Waals surface area contributed by atoms with Crippen molar-refractivity contribution in [3.05, 3.63) is 192 Å². The fourth-order valence-corrected chi connectivity index (χ4v) is 7.54. The summed E-state index contributed by atoms with van der Waals surface area (Å²) >= 11 is 3.35. The maximum atomic E-state index is 4.69. The average molecular weight is 681 g/mol. The normalized spacial score (nSPS) is 11.1. The van der Waals surface area contributed by atoms with E-state index in [0.717, 1.165) is 65.0 Å². The molecule has 0 saturated heterocycles. The van der Waals surface area contributed by atoms with Crippen LogP contribution in [0, 0.1) is 0 Å². The van der Waals surface area contributed by atoms with Gasteiger partial charge >= 0.3 is 0 Å². The van der Waals surface area contributed by atoms with Gasteiger partial charge in [0.25, 0.3) is 0 Å². The molecule has 0 aliphatic rings. The van der Waals surface area contributed by atoms with Crippen LogP contribution in [0.1, 0.15) is 10.0 Å². The Balaban J connectivity index is 0.966. The molecule has 6 heteroatoms. The van der Waals surface area contributed by atoms with E-state index in [4.69, 9.17) is 9.97 Å². The van der Waals surface area contributed by atoms with E-state index in [-0.39, 0.29) is 0 Å². The summed E-state index contributed by atoms with van der Waals surface area (Å²) in [7, 11) is 0. The molecule has 2 aromatic heterocycles. The van der Waals surface area contributed by atoms with Crippen molar-refractivity contribution in [1.29, 1.82) is 0 Å². The van der Waals surface area contributed by atoms with Crippen LogP contribution in [0.4, 0.5) is 34.1 Å². The Bertz CT molecular complexity index is 2050. The second-order valence-corrected chi connectivity index (χ2v) is 13.7. The Kier molecular flexibility index (Phi) is 9.10. The Morgan fingerprint density at radius 1 is 0.340 bits per heavy atom. The number of rotatable bonds is 10. The number of hydrogen-bond donors (Lipinski definition) is 0. The lowest BCUT2D eigenvalue weighted by Crippen LogP contribution is -2.09. The van der Waals surface area contributed by atoms with Gasteiger partial charge in [0.2, 0.25) is 0 Å². The summed E-state index contributed by atoms with van der Waals surface area (Å²) in [5.74, 6) is 0. The Hall–Kier alpha value is -6.08. The van der Waals surface area contributed by atoms with Gasteiger partial charge in [-0.1, -0.05) is 97.1 Å². The van der Waals surface area contributed by atoms with E-state index in [2.05, 4.69) is 168 Å². The van der Waals surface area contributed by atoms with Crippen molar-refractivity contribution in [3.8, 4) is 20.9 Å². The predicted molar refractivity (Wildman–Crippen MR) is 213 cm³/mol. The van der Waals surface area contributed by atoms with Crippen molar-refractivity contribution >= 4 is 68.9 Å². The van der Waals surface area contributed by atoms with Gasteiger partial charge in [-0.25, -0.2) is 9.97 Å². The zero-order chi connectivity index (χ0) is 33.5. The summed E-state index contributed by atoms with van der Waals surface area (Å²) in [6.45, 7) is 0. The van der Waals surface area contributed by atoms with Gasteiger partial charge in [0, 0.05) is 46.5 Å². The molecule has 0 fully saturated rings. The van der Waals surface area contributed by atoms with Crippen LogP contribution >= 0.6 is 22.7 Å². The van der Waals surface area contributed by atoms with Gasteiger partial charge in [-0.2, -0.15) is 0 Å². The first-order valence-electron chi connectivity index (χ1n) is 16.4. The highest BCUT2D eigenvalue weighted by atomic mass is 32.1. The van der Waals surface area contributed by atoms with E-state index in [1.165, 1.54) is 0 Å². The highest BCUT2D eigenvalue weighted by molar-refractivity contribution is 7.16. The number of benzene rings is 6. The summed E-state index contributed by atoms with van der Waals surface area (Å²) in [4.78, 5) is 16.2. The molecule has 0 aliphatic heterocycles. The molecule has 0 N–H and O–H groups in total. The highest BCUT2D eigenvalue weighted by Gasteiger charge is 2.14. The number of para-hydroxylation sites is 4. The third-order valence-corrected chi connectivity index (χ3v) is 10.3. The van der Waals surface area contributed by atoms with E-state index in [1.807, 2.05) is 36.7 Å². The second kappa shape index (κ2) is 14.6. The fourth-order valence-electron chi connectivity index (χ4n) is 5.89. The molecule has 0 bridgehead atoms. The maximum Gasteiger partial charge on any atom is 0.116 e. The molecular weight excluding hydrogens is 649 g/mol. The van der Waals surface area contributed by atoms with Crippen molar-refractivity contribution in [1.82, 2.24) is 9.97 Å². The van der Waals surface area contributed by atoms with Crippen molar-refractivity contribution in [2.75, 3.05) is 9.80 Å². The van der Waals surface area contributed by atoms with Gasteiger partial charge in [0.15, 0.2) is 0 Å². The number of anilines is 6. The standard InChI is InChI=1S/C44H32N4S2/c1-5-13-35(14-6-1)47(36-15-7-2-8-16-36)39-25-21-33(22-26-39)41-31-45-43(49-41)29-30-44-46-32-42(50-44)34-23-27-40(28-24-34)48(37-17-9-3-10-18-37)38-19-11-4-12-20-38/h1-32H/b30-29+. The molecule has 0 aliphatic carbocycles. The van der Waals surface area contributed by atoms with Crippen molar-refractivity contribution in [3.63, 3.8) is 0 Å². The first-order valence-corrected chi connectivity index (χ1v) is 18.0. The molecule has 240 valence electrons. The van der Waals surface area contributed by atoms with Crippen molar-refractivity contribution in [2.24, 2.45) is 0 Å². The molecule has 0 saturated carbocycles. The zero-order valence-corrected chi connectivity index (χ0v) is 28.7. The van der Waals surface area contributed by atoms with Crippen molar-refractivity contribution in [2.45, 2.75) is 0 Å². The molecule has 0 spiro atoms. The molecule has 0 atom stereocenters. The first kappa shape index (κ1) is 31.2. The van der Waals surface area contributed by atoms with Gasteiger partial charge in [0.1, 0.15) is 10.0 Å². The predicted octanol–water partition coefficient (Wildman–Crippen LogP) is 13.0. The second-order valence-electron chi connectivity index (χ2n) is 11.6. The lowest BCUT2D eigenvalue weighted by atomic mass is 10.1. The molecule has 0 radical (unpaired) electrons. The molecule has 0 amide bonds.